The molecule has 1 aliphatic heterocycles. The van der Waals surface area contributed by atoms with Crippen LogP contribution in [0.1, 0.15) is 18.5 Å². The Morgan fingerprint density at radius 3 is 2.61 bits per heavy atom. The highest BCUT2D eigenvalue weighted by atomic mass is 35.5. The summed E-state index contributed by atoms with van der Waals surface area (Å²) < 4.78 is 0. The van der Waals surface area contributed by atoms with Crippen molar-refractivity contribution in [2.24, 2.45) is 0 Å². The molecule has 1 amide bonds. The SMILES string of the molecule is O=C(Cc1ccc(Cl)cn1)N1CCN(C2CC2)c2ccccc21. The van der Waals surface area contributed by atoms with Gasteiger partial charge in [0.15, 0.2) is 0 Å². The summed E-state index contributed by atoms with van der Waals surface area (Å²) in [6.45, 7) is 1.64. The molecule has 1 aliphatic carbocycles. The van der Waals surface area contributed by atoms with Gasteiger partial charge in [0.2, 0.25) is 5.91 Å². The van der Waals surface area contributed by atoms with E-state index in [-0.39, 0.29) is 5.91 Å². The Balaban J connectivity index is 1.57. The number of nitrogens with zero attached hydrogens (tertiary/aromatic N) is 3. The van der Waals surface area contributed by atoms with Gasteiger partial charge in [0.25, 0.3) is 0 Å². The molecule has 0 bridgehead atoms. The lowest BCUT2D eigenvalue weighted by atomic mass is 10.1. The van der Waals surface area contributed by atoms with Crippen LogP contribution in [0.4, 0.5) is 11.4 Å². The molecule has 2 heterocycles. The highest BCUT2D eigenvalue weighted by Crippen LogP contribution is 2.39. The number of carbonyl (C=O) groups excluding carboxylic acids is 1. The molecule has 118 valence electrons. The Labute approximate surface area is 140 Å². The molecule has 0 spiro atoms. The summed E-state index contributed by atoms with van der Waals surface area (Å²) in [6, 6.07) is 12.4. The van der Waals surface area contributed by atoms with Crippen molar-refractivity contribution in [3.05, 3.63) is 53.3 Å². The number of aromatic nitrogens is 1. The molecule has 23 heavy (non-hydrogen) atoms. The molecule has 2 aromatic rings. The number of para-hydroxylation sites is 2. The van der Waals surface area contributed by atoms with E-state index in [1.54, 1.807) is 12.3 Å². The molecule has 1 aromatic heterocycles. The Hall–Kier alpha value is -2.07. The number of pyridine rings is 1. The normalized spacial score (nSPS) is 17.1. The summed E-state index contributed by atoms with van der Waals surface area (Å²) in [4.78, 5) is 21.3. The fraction of sp³-hybridized carbons (Fsp3) is 0.333. The second kappa shape index (κ2) is 5.85. The third-order valence-electron chi connectivity index (χ3n) is 4.46. The lowest BCUT2D eigenvalue weighted by Crippen LogP contribution is -2.45. The molecule has 1 fully saturated rings. The monoisotopic (exact) mass is 327 g/mol. The quantitative estimate of drug-likeness (QED) is 0.868. The van der Waals surface area contributed by atoms with Crippen LogP contribution in [0.15, 0.2) is 42.6 Å². The molecule has 0 saturated heterocycles. The summed E-state index contributed by atoms with van der Waals surface area (Å²) in [6.07, 6.45) is 4.41. The molecule has 0 unspecified atom stereocenters. The standard InChI is InChI=1S/C18H18ClN3O/c19-13-5-6-14(20-12-13)11-18(23)22-10-9-21(15-7-8-15)16-3-1-2-4-17(16)22/h1-6,12,15H,7-11H2. The fourth-order valence-corrected chi connectivity index (χ4v) is 3.28. The van der Waals surface area contributed by atoms with Gasteiger partial charge in [0, 0.05) is 31.0 Å². The highest BCUT2D eigenvalue weighted by molar-refractivity contribution is 6.30. The predicted octanol–water partition coefficient (Wildman–Crippen LogP) is 3.29. The fourth-order valence-electron chi connectivity index (χ4n) is 3.17. The average Bonchev–Trinajstić information content (AvgIpc) is 3.41. The summed E-state index contributed by atoms with van der Waals surface area (Å²) >= 11 is 5.85. The number of carbonyl (C=O) groups is 1. The molecule has 0 atom stereocenters. The Bertz CT molecular complexity index is 727. The number of amides is 1. The van der Waals surface area contributed by atoms with Crippen molar-refractivity contribution in [1.29, 1.82) is 0 Å². The molecule has 0 radical (unpaired) electrons. The molecule has 2 aliphatic rings. The lowest BCUT2D eigenvalue weighted by Gasteiger charge is -2.38. The highest BCUT2D eigenvalue weighted by Gasteiger charge is 2.35. The summed E-state index contributed by atoms with van der Waals surface area (Å²) in [7, 11) is 0. The van der Waals surface area contributed by atoms with E-state index in [0.29, 0.717) is 17.5 Å². The maximum Gasteiger partial charge on any atom is 0.233 e. The third-order valence-corrected chi connectivity index (χ3v) is 4.68. The third kappa shape index (κ3) is 2.91. The van der Waals surface area contributed by atoms with Crippen LogP contribution in [0.5, 0.6) is 0 Å². The van der Waals surface area contributed by atoms with Crippen molar-refractivity contribution >= 4 is 28.9 Å². The minimum absolute atomic E-state index is 0.0859. The maximum atomic E-state index is 12.7. The molecule has 1 aromatic carbocycles. The Morgan fingerprint density at radius 1 is 1.13 bits per heavy atom. The minimum atomic E-state index is 0.0859. The van der Waals surface area contributed by atoms with Crippen LogP contribution in [0, 0.1) is 0 Å². The van der Waals surface area contributed by atoms with E-state index in [4.69, 9.17) is 11.6 Å². The maximum absolute atomic E-state index is 12.7. The molecule has 5 heteroatoms. The Morgan fingerprint density at radius 2 is 1.91 bits per heavy atom. The number of hydrogen-bond donors (Lipinski definition) is 0. The van der Waals surface area contributed by atoms with Crippen molar-refractivity contribution in [3.63, 3.8) is 0 Å². The zero-order valence-electron chi connectivity index (χ0n) is 12.8. The van der Waals surface area contributed by atoms with Gasteiger partial charge in [-0.3, -0.25) is 9.78 Å². The van der Waals surface area contributed by atoms with Crippen molar-refractivity contribution in [1.82, 2.24) is 4.98 Å². The van der Waals surface area contributed by atoms with Gasteiger partial charge in [-0.25, -0.2) is 0 Å². The van der Waals surface area contributed by atoms with E-state index in [1.807, 2.05) is 29.2 Å². The van der Waals surface area contributed by atoms with Gasteiger partial charge in [-0.2, -0.15) is 0 Å². The minimum Gasteiger partial charge on any atom is -0.365 e. The van der Waals surface area contributed by atoms with Crippen molar-refractivity contribution in [3.8, 4) is 0 Å². The van der Waals surface area contributed by atoms with Crippen molar-refractivity contribution in [2.75, 3.05) is 22.9 Å². The molecular formula is C18H18ClN3O. The van der Waals surface area contributed by atoms with Crippen molar-refractivity contribution in [2.45, 2.75) is 25.3 Å². The zero-order chi connectivity index (χ0) is 15.8. The van der Waals surface area contributed by atoms with Gasteiger partial charge in [-0.15, -0.1) is 0 Å². The van der Waals surface area contributed by atoms with Gasteiger partial charge >= 0.3 is 0 Å². The topological polar surface area (TPSA) is 36.4 Å². The van der Waals surface area contributed by atoms with E-state index >= 15 is 0 Å². The van der Waals surface area contributed by atoms with E-state index in [1.165, 1.54) is 18.5 Å². The number of anilines is 2. The average molecular weight is 328 g/mol. The van der Waals surface area contributed by atoms with Crippen LogP contribution >= 0.6 is 11.6 Å². The first-order chi connectivity index (χ1) is 11.2. The summed E-state index contributed by atoms with van der Waals surface area (Å²) in [5.74, 6) is 0.0859. The Kier molecular flexibility index (Phi) is 3.69. The summed E-state index contributed by atoms with van der Waals surface area (Å²) in [5.41, 5.74) is 2.95. The first-order valence-corrected chi connectivity index (χ1v) is 8.36. The first-order valence-electron chi connectivity index (χ1n) is 7.99. The number of halogens is 1. The largest absolute Gasteiger partial charge is 0.365 e. The lowest BCUT2D eigenvalue weighted by molar-refractivity contribution is -0.118. The van der Waals surface area contributed by atoms with Crippen LogP contribution in [0.25, 0.3) is 0 Å². The number of fused-ring (bicyclic) bond motifs is 1. The molecule has 4 rings (SSSR count). The summed E-state index contributed by atoms with van der Waals surface area (Å²) in [5, 5.41) is 0.588. The number of hydrogen-bond acceptors (Lipinski definition) is 3. The van der Waals surface area contributed by atoms with Crippen LogP contribution in [-0.4, -0.2) is 30.0 Å². The van der Waals surface area contributed by atoms with Gasteiger partial charge in [-0.05, 0) is 37.1 Å². The first kappa shape index (κ1) is 14.5. The number of rotatable bonds is 3. The van der Waals surface area contributed by atoms with Gasteiger partial charge in [-0.1, -0.05) is 23.7 Å². The van der Waals surface area contributed by atoms with Crippen LogP contribution in [-0.2, 0) is 11.2 Å². The van der Waals surface area contributed by atoms with E-state index in [0.717, 1.165) is 24.5 Å². The van der Waals surface area contributed by atoms with Gasteiger partial charge < -0.3 is 9.80 Å². The smallest absolute Gasteiger partial charge is 0.233 e. The zero-order valence-corrected chi connectivity index (χ0v) is 13.5. The van der Waals surface area contributed by atoms with Crippen LogP contribution < -0.4 is 9.80 Å². The molecule has 0 N–H and O–H groups in total. The molecular weight excluding hydrogens is 310 g/mol. The molecule has 4 nitrogen and oxygen atoms in total. The van der Waals surface area contributed by atoms with Gasteiger partial charge in [0.05, 0.1) is 22.8 Å². The van der Waals surface area contributed by atoms with Crippen LogP contribution in [0.3, 0.4) is 0 Å². The van der Waals surface area contributed by atoms with Gasteiger partial charge in [0.1, 0.15) is 0 Å². The number of benzene rings is 1. The second-order valence-electron chi connectivity index (χ2n) is 6.10. The molecule has 1 saturated carbocycles. The van der Waals surface area contributed by atoms with E-state index in [9.17, 15) is 4.79 Å². The predicted molar refractivity (Wildman–Crippen MR) is 92.1 cm³/mol. The van der Waals surface area contributed by atoms with E-state index < -0.39 is 0 Å². The van der Waals surface area contributed by atoms with Crippen LogP contribution in [0.2, 0.25) is 5.02 Å². The van der Waals surface area contributed by atoms with E-state index in [2.05, 4.69) is 16.0 Å². The second-order valence-corrected chi connectivity index (χ2v) is 6.54. The van der Waals surface area contributed by atoms with Crippen molar-refractivity contribution < 1.29 is 4.79 Å².